The fourth-order valence-corrected chi connectivity index (χ4v) is 13.8. The molecule has 0 aromatic rings. The number of hydrogen-bond donors (Lipinski definition) is 1. The Labute approximate surface area is 349 Å². The minimum Gasteiger partial charge on any atom is -0.463 e. The van der Waals surface area contributed by atoms with E-state index < -0.39 is 34.6 Å². The summed E-state index contributed by atoms with van der Waals surface area (Å²) in [5.74, 6) is 1.08. The normalized spacial score (nSPS) is 37.2. The van der Waals surface area contributed by atoms with Crippen LogP contribution < -0.4 is 5.32 Å². The summed E-state index contributed by atoms with van der Waals surface area (Å²) < 4.78 is 64.9. The molecule has 5 aliphatic heterocycles. The topological polar surface area (TPSA) is 175 Å². The van der Waals surface area contributed by atoms with Gasteiger partial charge in [0.25, 0.3) is 0 Å². The molecule has 4 saturated heterocycles. The third-order valence-corrected chi connectivity index (χ3v) is 16.6. The Balaban J connectivity index is 0.638. The molecule has 6 fully saturated rings. The lowest BCUT2D eigenvalue weighted by molar-refractivity contribution is -0.145. The Morgan fingerprint density at radius 1 is 0.914 bits per heavy atom. The second kappa shape index (κ2) is 18.4. The standard InChI is InChI=1S/C41H61NO14S2/c1-26(2)39-34(55-39)27(3)41-38(56-41)10-8-29-30(25-52-35(29)44)31(38)24-32-40(41,54-32)36(39)53-37(45)42-11-12-46-13-14-47-15-16-48-17-18-49-19-20-50-21-22-51-33(43)7-5-4-6-28-9-23-57-58-28/h26-28,31-32,34,36H,4-25H2,1-3H3,(H,42,45)/t27-,28?,31-,32-,34-,36+,38+,39-,40+,41+/m0/s1. The maximum Gasteiger partial charge on any atom is 0.407 e. The van der Waals surface area contributed by atoms with E-state index >= 15 is 0 Å². The second-order valence-electron chi connectivity index (χ2n) is 16.9. The summed E-state index contributed by atoms with van der Waals surface area (Å²) in [6.45, 7) is 11.3. The average Bonchev–Trinajstić information content (AvgIpc) is 4.15. The SMILES string of the molecule is CC(C)[C@]12O[C@H]1[C@H](C)[C@@]13O[C@@]14CCC1=C(COC1=O)[C@@H]4C[C@@H]1O[C@@]13[C@@H]2OC(=O)NCCOCCOCCOCCOCCOCCOC(=O)CCCCC1CCSS1. The van der Waals surface area contributed by atoms with Crippen LogP contribution in [0.3, 0.4) is 0 Å². The van der Waals surface area contributed by atoms with Crippen molar-refractivity contribution in [2.24, 2.45) is 17.8 Å². The molecule has 1 unspecified atom stereocenters. The smallest absolute Gasteiger partial charge is 0.407 e. The van der Waals surface area contributed by atoms with E-state index in [1.807, 2.05) is 21.6 Å². The second-order valence-corrected chi connectivity index (χ2v) is 19.7. The summed E-state index contributed by atoms with van der Waals surface area (Å²) in [4.78, 5) is 37.6. The molecule has 0 bridgehead atoms. The van der Waals surface area contributed by atoms with Gasteiger partial charge in [-0.15, -0.1) is 0 Å². The summed E-state index contributed by atoms with van der Waals surface area (Å²) in [7, 11) is 3.93. The highest BCUT2D eigenvalue weighted by Gasteiger charge is 3.01. The van der Waals surface area contributed by atoms with Crippen molar-refractivity contribution < 1.29 is 66.5 Å². The number of carbonyl (C=O) groups excluding carboxylic acids is 3. The van der Waals surface area contributed by atoms with Gasteiger partial charge >= 0.3 is 18.0 Å². The van der Waals surface area contributed by atoms with Crippen molar-refractivity contribution in [3.63, 3.8) is 0 Å². The van der Waals surface area contributed by atoms with Crippen LogP contribution in [-0.4, -0.2) is 156 Å². The van der Waals surface area contributed by atoms with E-state index in [0.29, 0.717) is 91.9 Å². The molecule has 0 aromatic carbocycles. The van der Waals surface area contributed by atoms with Crippen LogP contribution in [0.2, 0.25) is 0 Å². The molecule has 0 radical (unpaired) electrons. The molecule has 15 nitrogen and oxygen atoms in total. The number of epoxide rings is 3. The van der Waals surface area contributed by atoms with Gasteiger partial charge in [-0.1, -0.05) is 48.8 Å². The average molecular weight is 856 g/mol. The van der Waals surface area contributed by atoms with Crippen LogP contribution in [0.4, 0.5) is 4.79 Å². The van der Waals surface area contributed by atoms with Gasteiger partial charge in [-0.05, 0) is 50.0 Å². The van der Waals surface area contributed by atoms with E-state index in [1.165, 1.54) is 18.6 Å². The lowest BCUT2D eigenvalue weighted by Crippen LogP contribution is -2.69. The van der Waals surface area contributed by atoms with Crippen LogP contribution in [0.1, 0.15) is 72.1 Å². The van der Waals surface area contributed by atoms with Gasteiger partial charge in [0.15, 0.2) is 11.7 Å². The Bertz CT molecular complexity index is 1530. The summed E-state index contributed by atoms with van der Waals surface area (Å²) in [6, 6.07) is 0. The van der Waals surface area contributed by atoms with Gasteiger partial charge in [-0.3, -0.25) is 4.79 Å². The molecular weight excluding hydrogens is 795 g/mol. The number of nitrogens with one attached hydrogen (secondary N) is 1. The van der Waals surface area contributed by atoms with Crippen molar-refractivity contribution in [2.45, 2.75) is 118 Å². The predicted molar refractivity (Wildman–Crippen MR) is 211 cm³/mol. The lowest BCUT2D eigenvalue weighted by atomic mass is 9.51. The van der Waals surface area contributed by atoms with Crippen molar-refractivity contribution in [3.8, 4) is 0 Å². The number of ether oxygens (including phenoxy) is 11. The van der Waals surface area contributed by atoms with Crippen LogP contribution in [-0.2, 0) is 61.7 Å². The zero-order valence-electron chi connectivity index (χ0n) is 34.1. The minimum atomic E-state index is -0.787. The van der Waals surface area contributed by atoms with Crippen molar-refractivity contribution in [2.75, 3.05) is 91.6 Å². The van der Waals surface area contributed by atoms with Crippen molar-refractivity contribution in [1.82, 2.24) is 5.32 Å². The highest BCUT2D eigenvalue weighted by atomic mass is 33.1. The maximum absolute atomic E-state index is 13.3. The molecular formula is C41H61NO14S2. The van der Waals surface area contributed by atoms with Gasteiger partial charge in [0.05, 0.1) is 78.3 Å². The largest absolute Gasteiger partial charge is 0.463 e. The summed E-state index contributed by atoms with van der Waals surface area (Å²) in [5.41, 5.74) is -0.673. The number of fused-ring (bicyclic) bond motifs is 2. The predicted octanol–water partition coefficient (Wildman–Crippen LogP) is 4.18. The number of hydrogen-bond acceptors (Lipinski definition) is 16. The number of amides is 1. The highest BCUT2D eigenvalue weighted by molar-refractivity contribution is 8.77. The first-order valence-corrected chi connectivity index (χ1v) is 23.8. The molecule has 2 saturated carbocycles. The van der Waals surface area contributed by atoms with Gasteiger partial charge < -0.3 is 57.4 Å². The van der Waals surface area contributed by atoms with E-state index in [1.54, 1.807) is 0 Å². The number of cyclic esters (lactones) is 1. The van der Waals surface area contributed by atoms with E-state index in [9.17, 15) is 14.4 Å². The molecule has 3 spiro atoms. The summed E-state index contributed by atoms with van der Waals surface area (Å²) >= 11 is 0. The first kappa shape index (κ1) is 43.0. The molecule has 1 N–H and O–H groups in total. The monoisotopic (exact) mass is 855 g/mol. The molecule has 5 heterocycles. The molecule has 8 aliphatic rings. The third-order valence-electron chi connectivity index (χ3n) is 13.6. The van der Waals surface area contributed by atoms with Crippen LogP contribution in [0.5, 0.6) is 0 Å². The number of carbonyl (C=O) groups is 3. The first-order valence-electron chi connectivity index (χ1n) is 21.4. The quantitative estimate of drug-likeness (QED) is 0.0455. The maximum atomic E-state index is 13.3. The zero-order chi connectivity index (χ0) is 40.4. The lowest BCUT2D eigenvalue weighted by Gasteiger charge is -2.47. The first-order chi connectivity index (χ1) is 28.2. The Morgan fingerprint density at radius 2 is 1.60 bits per heavy atom. The minimum absolute atomic E-state index is 0.0406. The number of alkyl carbamates (subject to hydrolysis) is 1. The fraction of sp³-hybridized carbons (Fsp3) is 0.878. The van der Waals surface area contributed by atoms with E-state index in [4.69, 9.17) is 52.1 Å². The van der Waals surface area contributed by atoms with E-state index in [-0.39, 0.29) is 55.1 Å². The Morgan fingerprint density at radius 3 is 2.28 bits per heavy atom. The summed E-state index contributed by atoms with van der Waals surface area (Å²) in [5, 5.41) is 3.61. The van der Waals surface area contributed by atoms with Crippen LogP contribution in [0, 0.1) is 17.8 Å². The van der Waals surface area contributed by atoms with Crippen LogP contribution >= 0.6 is 21.6 Å². The van der Waals surface area contributed by atoms with Crippen molar-refractivity contribution in [3.05, 3.63) is 11.1 Å². The number of esters is 2. The van der Waals surface area contributed by atoms with Crippen molar-refractivity contribution >= 4 is 39.6 Å². The zero-order valence-corrected chi connectivity index (χ0v) is 35.8. The molecule has 1 amide bonds. The molecule has 10 atom stereocenters. The number of unbranched alkanes of at least 4 members (excludes halogenated alkanes) is 1. The Kier molecular flexibility index (Phi) is 13.6. The highest BCUT2D eigenvalue weighted by Crippen LogP contribution is 2.84. The van der Waals surface area contributed by atoms with E-state index in [0.717, 1.165) is 35.7 Å². The van der Waals surface area contributed by atoms with Crippen LogP contribution in [0.25, 0.3) is 0 Å². The third kappa shape index (κ3) is 7.96. The molecule has 58 heavy (non-hydrogen) atoms. The Hall–Kier alpha value is -1.67. The molecule has 8 rings (SSSR count). The fourth-order valence-electron chi connectivity index (χ4n) is 10.8. The number of rotatable bonds is 25. The molecule has 3 aliphatic carbocycles. The summed E-state index contributed by atoms with van der Waals surface area (Å²) in [6.07, 6.45) is 5.51. The molecule has 0 aromatic heterocycles. The molecule has 17 heteroatoms. The van der Waals surface area contributed by atoms with Crippen molar-refractivity contribution in [1.29, 1.82) is 0 Å². The molecule has 326 valence electrons. The van der Waals surface area contributed by atoms with Crippen LogP contribution in [0.15, 0.2) is 11.1 Å². The van der Waals surface area contributed by atoms with Gasteiger partial charge in [0.1, 0.15) is 30.0 Å². The van der Waals surface area contributed by atoms with E-state index in [2.05, 4.69) is 26.1 Å². The van der Waals surface area contributed by atoms with Gasteiger partial charge in [0, 0.05) is 41.4 Å². The van der Waals surface area contributed by atoms with Gasteiger partial charge in [0.2, 0.25) is 0 Å². The van der Waals surface area contributed by atoms with Gasteiger partial charge in [-0.25, -0.2) is 9.59 Å². The van der Waals surface area contributed by atoms with Gasteiger partial charge in [-0.2, -0.15) is 0 Å².